The maximum Gasteiger partial charge on any atom is 0.317 e. The molecule has 4 nitrogen and oxygen atoms in total. The van der Waals surface area contributed by atoms with Gasteiger partial charge in [0.1, 0.15) is 9.65 Å². The largest absolute Gasteiger partial charge is 0.480 e. The predicted molar refractivity (Wildman–Crippen MR) is 54.6 cm³/mol. The Morgan fingerprint density at radius 1 is 1.00 bits per heavy atom. The molecule has 0 aliphatic heterocycles. The fourth-order valence-electron chi connectivity index (χ4n) is 0.723. The lowest BCUT2D eigenvalue weighted by Crippen LogP contribution is -2.15. The topological polar surface area (TPSA) is 74.6 Å². The number of hydrogen-bond donors (Lipinski definition) is 2. The Bertz CT molecular complexity index is 175. The summed E-state index contributed by atoms with van der Waals surface area (Å²) in [6.07, 6.45) is 1.43. The van der Waals surface area contributed by atoms with Gasteiger partial charge in [-0.05, 0) is 12.8 Å². The monoisotopic (exact) mass is 316 g/mol. The Morgan fingerprint density at radius 3 is 1.54 bits per heavy atom. The number of aliphatic carboxylic acids is 2. The smallest absolute Gasteiger partial charge is 0.317 e. The third kappa shape index (κ3) is 6.04. The molecule has 0 rings (SSSR count). The molecule has 76 valence electrons. The van der Waals surface area contributed by atoms with Crippen LogP contribution in [0.5, 0.6) is 0 Å². The Hall–Kier alpha value is -0.100. The molecule has 0 spiro atoms. The molecule has 13 heavy (non-hydrogen) atoms. The van der Waals surface area contributed by atoms with E-state index in [1.54, 1.807) is 0 Å². The van der Waals surface area contributed by atoms with Gasteiger partial charge in [-0.3, -0.25) is 9.59 Å². The predicted octanol–water partition coefficient (Wildman–Crippen LogP) is 1.85. The van der Waals surface area contributed by atoms with E-state index in [1.807, 2.05) is 0 Å². The van der Waals surface area contributed by atoms with Gasteiger partial charge in [0.25, 0.3) is 0 Å². The molecule has 0 bridgehead atoms. The normalized spacial score (nSPS) is 14.9. The van der Waals surface area contributed by atoms with Crippen LogP contribution in [0.3, 0.4) is 0 Å². The molecule has 2 N–H and O–H groups in total. The van der Waals surface area contributed by atoms with Crippen LogP contribution in [0.15, 0.2) is 0 Å². The summed E-state index contributed by atoms with van der Waals surface area (Å²) >= 11 is 5.93. The van der Waals surface area contributed by atoms with Crippen LogP contribution in [0, 0.1) is 0 Å². The number of hydrogen-bond acceptors (Lipinski definition) is 2. The van der Waals surface area contributed by atoms with E-state index in [1.165, 1.54) is 0 Å². The van der Waals surface area contributed by atoms with Gasteiger partial charge >= 0.3 is 11.9 Å². The van der Waals surface area contributed by atoms with Crippen LogP contribution in [0.25, 0.3) is 0 Å². The van der Waals surface area contributed by atoms with E-state index in [0.717, 1.165) is 0 Å². The number of alkyl halides is 2. The minimum absolute atomic E-state index is 0.435. The van der Waals surface area contributed by atoms with Gasteiger partial charge in [-0.2, -0.15) is 0 Å². The van der Waals surface area contributed by atoms with Crippen molar-refractivity contribution < 1.29 is 19.8 Å². The first-order valence-electron chi connectivity index (χ1n) is 3.69. The van der Waals surface area contributed by atoms with Crippen LogP contribution in [0.4, 0.5) is 0 Å². The number of carbonyl (C=O) groups is 2. The van der Waals surface area contributed by atoms with E-state index in [9.17, 15) is 9.59 Å². The summed E-state index contributed by atoms with van der Waals surface area (Å²) in [5.74, 6) is -1.83. The van der Waals surface area contributed by atoms with Gasteiger partial charge in [0.15, 0.2) is 0 Å². The fourth-order valence-corrected chi connectivity index (χ4v) is 1.37. The highest BCUT2D eigenvalue weighted by molar-refractivity contribution is 9.10. The Morgan fingerprint density at radius 2 is 1.31 bits per heavy atom. The molecular weight excluding hydrogens is 308 g/mol. The molecule has 0 saturated heterocycles. The van der Waals surface area contributed by atoms with Gasteiger partial charge < -0.3 is 10.2 Å². The molecule has 0 radical (unpaired) electrons. The van der Waals surface area contributed by atoms with Crippen LogP contribution in [-0.4, -0.2) is 31.8 Å². The fraction of sp³-hybridized carbons (Fsp3) is 0.714. The average molecular weight is 318 g/mol. The van der Waals surface area contributed by atoms with Crippen molar-refractivity contribution in [3.05, 3.63) is 0 Å². The first kappa shape index (κ1) is 12.9. The van der Waals surface area contributed by atoms with E-state index >= 15 is 0 Å². The highest BCUT2D eigenvalue weighted by Crippen LogP contribution is 2.15. The van der Waals surface area contributed by atoms with Gasteiger partial charge in [0.05, 0.1) is 0 Å². The Balaban J connectivity index is 3.56. The van der Waals surface area contributed by atoms with Crippen molar-refractivity contribution in [2.75, 3.05) is 0 Å². The zero-order chi connectivity index (χ0) is 10.4. The van der Waals surface area contributed by atoms with E-state index < -0.39 is 21.6 Å². The second-order valence-corrected chi connectivity index (χ2v) is 4.75. The van der Waals surface area contributed by atoms with Crippen LogP contribution in [0.2, 0.25) is 0 Å². The standard InChI is InChI=1S/C7H10Br2O4/c8-4(6(10)11)2-1-3-5(9)7(12)13/h4-5H,1-3H2,(H,10,11)(H,12,13)/t4-,5+. The molecule has 0 aromatic heterocycles. The maximum atomic E-state index is 10.3. The summed E-state index contributed by atoms with van der Waals surface area (Å²) in [5, 5.41) is 17.0. The van der Waals surface area contributed by atoms with E-state index in [-0.39, 0.29) is 0 Å². The number of rotatable bonds is 6. The molecule has 0 amide bonds. The molecule has 0 heterocycles. The number of carboxylic acids is 2. The van der Waals surface area contributed by atoms with Gasteiger partial charge in [-0.15, -0.1) is 0 Å². The molecule has 0 unspecified atom stereocenters. The summed E-state index contributed by atoms with van der Waals surface area (Å²) in [6.45, 7) is 0. The highest BCUT2D eigenvalue weighted by atomic mass is 79.9. The van der Waals surface area contributed by atoms with Crippen molar-refractivity contribution in [1.82, 2.24) is 0 Å². The van der Waals surface area contributed by atoms with Crippen molar-refractivity contribution in [2.24, 2.45) is 0 Å². The molecule has 0 aromatic carbocycles. The summed E-state index contributed by atoms with van der Waals surface area (Å²) < 4.78 is 0. The molecule has 0 fully saturated rings. The molecule has 0 aliphatic rings. The van der Waals surface area contributed by atoms with Crippen LogP contribution < -0.4 is 0 Å². The minimum atomic E-state index is -0.915. The maximum absolute atomic E-state index is 10.3. The lowest BCUT2D eigenvalue weighted by atomic mass is 10.1. The zero-order valence-corrected chi connectivity index (χ0v) is 9.91. The molecule has 0 saturated carbocycles. The summed E-state index contributed by atoms with van der Waals surface area (Å²) in [5.41, 5.74) is 0. The second kappa shape index (κ2) is 6.37. The third-order valence-electron chi connectivity index (χ3n) is 1.45. The molecule has 0 aromatic rings. The van der Waals surface area contributed by atoms with Crippen LogP contribution >= 0.6 is 31.9 Å². The average Bonchev–Trinajstić information content (AvgIpc) is 2.03. The molecule has 6 heteroatoms. The van der Waals surface area contributed by atoms with E-state index in [0.29, 0.717) is 19.3 Å². The van der Waals surface area contributed by atoms with Crippen molar-refractivity contribution in [2.45, 2.75) is 28.9 Å². The van der Waals surface area contributed by atoms with Gasteiger partial charge in [-0.25, -0.2) is 0 Å². The molecule has 2 atom stereocenters. The lowest BCUT2D eigenvalue weighted by molar-refractivity contribution is -0.136. The molecule has 0 aliphatic carbocycles. The number of carboxylic acid groups (broad SMARTS) is 2. The minimum Gasteiger partial charge on any atom is -0.480 e. The van der Waals surface area contributed by atoms with Crippen molar-refractivity contribution in [3.63, 3.8) is 0 Å². The Labute approximate surface area is 92.6 Å². The second-order valence-electron chi connectivity index (χ2n) is 2.54. The van der Waals surface area contributed by atoms with Gasteiger partial charge in [-0.1, -0.05) is 38.3 Å². The van der Waals surface area contributed by atoms with Gasteiger partial charge in [0, 0.05) is 0 Å². The first-order chi connectivity index (χ1) is 5.95. The third-order valence-corrected chi connectivity index (χ3v) is 3.15. The summed E-state index contributed by atoms with van der Waals surface area (Å²) in [7, 11) is 0. The Kier molecular flexibility index (Phi) is 6.32. The zero-order valence-electron chi connectivity index (χ0n) is 6.74. The summed E-state index contributed by atoms with van der Waals surface area (Å²) in [6, 6.07) is 0. The van der Waals surface area contributed by atoms with E-state index in [4.69, 9.17) is 10.2 Å². The van der Waals surface area contributed by atoms with Crippen molar-refractivity contribution in [1.29, 1.82) is 0 Å². The summed E-state index contributed by atoms with van der Waals surface area (Å²) in [4.78, 5) is 19.5. The van der Waals surface area contributed by atoms with Crippen LogP contribution in [-0.2, 0) is 9.59 Å². The number of halogens is 2. The van der Waals surface area contributed by atoms with Gasteiger partial charge in [0.2, 0.25) is 0 Å². The van der Waals surface area contributed by atoms with Crippen LogP contribution in [0.1, 0.15) is 19.3 Å². The van der Waals surface area contributed by atoms with Crippen molar-refractivity contribution >= 4 is 43.8 Å². The van der Waals surface area contributed by atoms with E-state index in [2.05, 4.69) is 31.9 Å². The lowest BCUT2D eigenvalue weighted by Gasteiger charge is -2.05. The highest BCUT2D eigenvalue weighted by Gasteiger charge is 2.16. The van der Waals surface area contributed by atoms with Crippen molar-refractivity contribution in [3.8, 4) is 0 Å². The molecular formula is C7H10Br2O4. The first-order valence-corrected chi connectivity index (χ1v) is 5.52. The quantitative estimate of drug-likeness (QED) is 0.733. The SMILES string of the molecule is O=C(O)[C@H](Br)CCC[C@H](Br)C(=O)O.